The third-order valence-corrected chi connectivity index (χ3v) is 3.39. The quantitative estimate of drug-likeness (QED) is 0.871. The number of aliphatic hydroxyl groups is 1. The third kappa shape index (κ3) is 2.93. The zero-order chi connectivity index (χ0) is 11.9. The Morgan fingerprint density at radius 2 is 1.87 bits per heavy atom. The van der Waals surface area contributed by atoms with Crippen molar-refractivity contribution in [2.75, 3.05) is 6.26 Å². The molecule has 0 amide bonds. The van der Waals surface area contributed by atoms with E-state index in [1.165, 1.54) is 32.0 Å². The van der Waals surface area contributed by atoms with E-state index in [4.69, 9.17) is 11.6 Å². The smallest absolute Gasteiger partial charge is 0.175 e. The van der Waals surface area contributed by atoms with Crippen LogP contribution in [-0.2, 0) is 15.4 Å². The van der Waals surface area contributed by atoms with Crippen molar-refractivity contribution in [2.45, 2.75) is 24.3 Å². The first-order valence-corrected chi connectivity index (χ1v) is 6.62. The number of sulfone groups is 1. The van der Waals surface area contributed by atoms with Crippen molar-refractivity contribution in [3.8, 4) is 0 Å². The fourth-order valence-electron chi connectivity index (χ4n) is 1.30. The van der Waals surface area contributed by atoms with Crippen LogP contribution in [0.3, 0.4) is 0 Å². The fraction of sp³-hybridized carbons (Fsp3) is 0.400. The molecule has 5 heteroatoms. The molecule has 0 atom stereocenters. The maximum absolute atomic E-state index is 11.5. The molecule has 84 valence electrons. The van der Waals surface area contributed by atoms with Gasteiger partial charge in [0.05, 0.1) is 10.5 Å². The van der Waals surface area contributed by atoms with Gasteiger partial charge >= 0.3 is 0 Å². The summed E-state index contributed by atoms with van der Waals surface area (Å²) in [5, 5.41) is 10.2. The maximum atomic E-state index is 11.5. The topological polar surface area (TPSA) is 54.4 Å². The number of halogens is 1. The molecule has 0 fully saturated rings. The van der Waals surface area contributed by atoms with E-state index in [1.54, 1.807) is 0 Å². The summed E-state index contributed by atoms with van der Waals surface area (Å²) in [5.74, 6) is 0. The van der Waals surface area contributed by atoms with Crippen LogP contribution in [0.4, 0.5) is 0 Å². The molecular formula is C10H13ClO3S. The maximum Gasteiger partial charge on any atom is 0.175 e. The summed E-state index contributed by atoms with van der Waals surface area (Å²) in [6, 6.07) is 4.37. The first kappa shape index (κ1) is 12.5. The summed E-state index contributed by atoms with van der Waals surface area (Å²) in [5.41, 5.74) is -0.916. The molecule has 15 heavy (non-hydrogen) atoms. The molecule has 0 bridgehead atoms. The van der Waals surface area contributed by atoms with Gasteiger partial charge in [-0.25, -0.2) is 8.42 Å². The minimum absolute atomic E-state index is 0.111. The van der Waals surface area contributed by atoms with Crippen molar-refractivity contribution < 1.29 is 13.5 Å². The molecule has 0 spiro atoms. The van der Waals surface area contributed by atoms with Gasteiger partial charge in [0.1, 0.15) is 0 Å². The van der Waals surface area contributed by atoms with Crippen LogP contribution in [-0.4, -0.2) is 19.8 Å². The second kappa shape index (κ2) is 3.77. The summed E-state index contributed by atoms with van der Waals surface area (Å²) >= 11 is 5.77. The first-order valence-electron chi connectivity index (χ1n) is 4.35. The Labute approximate surface area is 94.6 Å². The lowest BCUT2D eigenvalue weighted by Crippen LogP contribution is -2.19. The molecule has 0 radical (unpaired) electrons. The Kier molecular flexibility index (Phi) is 3.14. The van der Waals surface area contributed by atoms with Crippen molar-refractivity contribution >= 4 is 21.4 Å². The highest BCUT2D eigenvalue weighted by atomic mass is 35.5. The Morgan fingerprint density at radius 1 is 1.33 bits per heavy atom. The minimum Gasteiger partial charge on any atom is -0.386 e. The standard InChI is InChI=1S/C10H13ClO3S/c1-10(2,12)8-6-7(11)4-5-9(8)15(3,13)14/h4-6,12H,1-3H3. The molecule has 0 heterocycles. The molecule has 0 saturated heterocycles. The van der Waals surface area contributed by atoms with Gasteiger partial charge in [-0.2, -0.15) is 0 Å². The van der Waals surface area contributed by atoms with Crippen LogP contribution in [0.15, 0.2) is 23.1 Å². The van der Waals surface area contributed by atoms with E-state index >= 15 is 0 Å². The highest BCUT2D eigenvalue weighted by Crippen LogP contribution is 2.29. The largest absolute Gasteiger partial charge is 0.386 e. The van der Waals surface area contributed by atoms with Crippen molar-refractivity contribution in [1.29, 1.82) is 0 Å². The second-order valence-electron chi connectivity index (χ2n) is 3.97. The normalized spacial score (nSPS) is 12.9. The lowest BCUT2D eigenvalue weighted by atomic mass is 9.99. The van der Waals surface area contributed by atoms with Gasteiger partial charge in [-0.15, -0.1) is 0 Å². The molecule has 0 aliphatic rings. The second-order valence-corrected chi connectivity index (χ2v) is 6.39. The van der Waals surface area contributed by atoms with Crippen LogP contribution < -0.4 is 0 Å². The van der Waals surface area contributed by atoms with Crippen molar-refractivity contribution in [3.63, 3.8) is 0 Å². The van der Waals surface area contributed by atoms with Gasteiger partial charge in [0.25, 0.3) is 0 Å². The van der Waals surface area contributed by atoms with E-state index in [9.17, 15) is 13.5 Å². The average molecular weight is 249 g/mol. The monoisotopic (exact) mass is 248 g/mol. The fourth-order valence-corrected chi connectivity index (χ4v) is 2.50. The number of hydrogen-bond donors (Lipinski definition) is 1. The zero-order valence-corrected chi connectivity index (χ0v) is 10.4. The van der Waals surface area contributed by atoms with Crippen LogP contribution in [0.2, 0.25) is 5.02 Å². The predicted molar refractivity (Wildman–Crippen MR) is 59.8 cm³/mol. The Bertz CT molecular complexity index is 472. The molecule has 0 aromatic heterocycles. The molecule has 1 N–H and O–H groups in total. The van der Waals surface area contributed by atoms with E-state index in [-0.39, 0.29) is 4.90 Å². The summed E-state index contributed by atoms with van der Waals surface area (Å²) in [6.45, 7) is 3.04. The van der Waals surface area contributed by atoms with E-state index in [1.807, 2.05) is 0 Å². The van der Waals surface area contributed by atoms with Gasteiger partial charge in [-0.05, 0) is 32.0 Å². The SMILES string of the molecule is CC(C)(O)c1cc(Cl)ccc1S(C)(=O)=O. The molecule has 1 rings (SSSR count). The van der Waals surface area contributed by atoms with E-state index in [0.29, 0.717) is 10.6 Å². The highest BCUT2D eigenvalue weighted by Gasteiger charge is 2.24. The summed E-state index contributed by atoms with van der Waals surface area (Å²) in [4.78, 5) is 0.111. The van der Waals surface area contributed by atoms with Gasteiger partial charge in [0.15, 0.2) is 9.84 Å². The predicted octanol–water partition coefficient (Wildman–Crippen LogP) is 1.97. The van der Waals surface area contributed by atoms with Crippen LogP contribution in [0.25, 0.3) is 0 Å². The summed E-state index contributed by atoms with van der Waals surface area (Å²) in [7, 11) is -3.35. The van der Waals surface area contributed by atoms with Gasteiger partial charge in [-0.3, -0.25) is 0 Å². The molecule has 0 aliphatic carbocycles. The van der Waals surface area contributed by atoms with Gasteiger partial charge in [-0.1, -0.05) is 11.6 Å². The van der Waals surface area contributed by atoms with Gasteiger partial charge in [0.2, 0.25) is 0 Å². The average Bonchev–Trinajstić information content (AvgIpc) is 2.00. The number of benzene rings is 1. The third-order valence-electron chi connectivity index (χ3n) is 2.00. The zero-order valence-electron chi connectivity index (χ0n) is 8.78. The molecular weight excluding hydrogens is 236 g/mol. The molecule has 1 aromatic carbocycles. The van der Waals surface area contributed by atoms with Gasteiger partial charge in [0, 0.05) is 16.8 Å². The van der Waals surface area contributed by atoms with Crippen LogP contribution >= 0.6 is 11.6 Å². The van der Waals surface area contributed by atoms with E-state index in [2.05, 4.69) is 0 Å². The molecule has 0 aliphatic heterocycles. The van der Waals surface area contributed by atoms with Crippen molar-refractivity contribution in [1.82, 2.24) is 0 Å². The van der Waals surface area contributed by atoms with E-state index < -0.39 is 15.4 Å². The Hall–Kier alpha value is -0.580. The molecule has 0 unspecified atom stereocenters. The minimum atomic E-state index is -3.35. The van der Waals surface area contributed by atoms with E-state index in [0.717, 1.165) is 6.26 Å². The summed E-state index contributed by atoms with van der Waals surface area (Å²) < 4.78 is 22.9. The Balaban J connectivity index is 3.55. The highest BCUT2D eigenvalue weighted by molar-refractivity contribution is 7.90. The summed E-state index contributed by atoms with van der Waals surface area (Å²) in [6.07, 6.45) is 1.10. The lowest BCUT2D eigenvalue weighted by molar-refractivity contribution is 0.0755. The van der Waals surface area contributed by atoms with Crippen LogP contribution in [0.1, 0.15) is 19.4 Å². The van der Waals surface area contributed by atoms with Crippen LogP contribution in [0.5, 0.6) is 0 Å². The molecule has 1 aromatic rings. The van der Waals surface area contributed by atoms with Crippen LogP contribution in [0, 0.1) is 0 Å². The lowest BCUT2D eigenvalue weighted by Gasteiger charge is -2.21. The molecule has 0 saturated carbocycles. The van der Waals surface area contributed by atoms with Gasteiger partial charge < -0.3 is 5.11 Å². The van der Waals surface area contributed by atoms with Crippen molar-refractivity contribution in [2.24, 2.45) is 0 Å². The molecule has 3 nitrogen and oxygen atoms in total. The Morgan fingerprint density at radius 3 is 2.27 bits per heavy atom. The number of rotatable bonds is 2. The van der Waals surface area contributed by atoms with Crippen molar-refractivity contribution in [3.05, 3.63) is 28.8 Å². The number of hydrogen-bond acceptors (Lipinski definition) is 3. The first-order chi connectivity index (χ1) is 6.62.